The van der Waals surface area contributed by atoms with Crippen LogP contribution < -0.4 is 16.4 Å². The first kappa shape index (κ1) is 17.9. The maximum absolute atomic E-state index is 12.0. The zero-order valence-electron chi connectivity index (χ0n) is 13.5. The number of hydrogen-bond donors (Lipinski definition) is 3. The lowest BCUT2D eigenvalue weighted by Crippen LogP contribution is -2.33. The third-order valence-corrected chi connectivity index (χ3v) is 3.82. The van der Waals surface area contributed by atoms with Crippen molar-refractivity contribution < 1.29 is 19.1 Å². The van der Waals surface area contributed by atoms with Crippen molar-refractivity contribution in [2.45, 2.75) is 38.2 Å². The average Bonchev–Trinajstić information content (AvgIpc) is 2.59. The average molecular weight is 333 g/mol. The Balaban J connectivity index is 1.76. The van der Waals surface area contributed by atoms with Crippen LogP contribution >= 0.6 is 0 Å². The minimum Gasteiger partial charge on any atom is -0.378 e. The molecule has 130 valence electrons. The zero-order valence-corrected chi connectivity index (χ0v) is 13.5. The van der Waals surface area contributed by atoms with E-state index in [2.05, 4.69) is 10.6 Å². The van der Waals surface area contributed by atoms with Crippen LogP contribution in [0, 0.1) is 0 Å². The quantitative estimate of drug-likeness (QED) is 0.696. The van der Waals surface area contributed by atoms with Gasteiger partial charge in [0.2, 0.25) is 11.8 Å². The van der Waals surface area contributed by atoms with Crippen LogP contribution in [0.15, 0.2) is 24.3 Å². The van der Waals surface area contributed by atoms with Crippen molar-refractivity contribution in [2.24, 2.45) is 5.73 Å². The summed E-state index contributed by atoms with van der Waals surface area (Å²) in [5, 5.41) is 5.20. The zero-order chi connectivity index (χ0) is 17.4. The first-order valence-corrected chi connectivity index (χ1v) is 8.12. The standard InChI is InChI=1S/C17H23N3O4/c18-15(21)11-19-17(23)12-4-6-13(7-5-12)20-16(22)9-8-14-3-1-2-10-24-14/h4-7,14H,1-3,8-11H2,(H2,18,21)(H,19,23)(H,20,22)/t14-/m1/s1. The predicted molar refractivity (Wildman–Crippen MR) is 89.4 cm³/mol. The molecule has 1 aromatic rings. The molecule has 1 heterocycles. The smallest absolute Gasteiger partial charge is 0.251 e. The van der Waals surface area contributed by atoms with E-state index in [9.17, 15) is 14.4 Å². The number of nitrogens with two attached hydrogens (primary N) is 1. The van der Waals surface area contributed by atoms with Crippen LogP contribution in [0.25, 0.3) is 0 Å². The molecule has 0 radical (unpaired) electrons. The number of rotatable bonds is 7. The van der Waals surface area contributed by atoms with E-state index < -0.39 is 5.91 Å². The van der Waals surface area contributed by atoms with Gasteiger partial charge in [-0.1, -0.05) is 0 Å². The SMILES string of the molecule is NC(=O)CNC(=O)c1ccc(NC(=O)CC[C@H]2CCCCO2)cc1. The number of anilines is 1. The van der Waals surface area contributed by atoms with Crippen LogP contribution in [-0.4, -0.2) is 37.0 Å². The summed E-state index contributed by atoms with van der Waals surface area (Å²) in [6.45, 7) is 0.576. The number of benzene rings is 1. The predicted octanol–water partition coefficient (Wildman–Crippen LogP) is 1.19. The van der Waals surface area contributed by atoms with Crippen LogP contribution in [0.3, 0.4) is 0 Å². The summed E-state index contributed by atoms with van der Waals surface area (Å²) in [6, 6.07) is 6.45. The number of carbonyl (C=O) groups is 3. The van der Waals surface area contributed by atoms with E-state index in [0.29, 0.717) is 17.7 Å². The minimum absolute atomic E-state index is 0.0740. The van der Waals surface area contributed by atoms with Gasteiger partial charge < -0.3 is 21.1 Å². The van der Waals surface area contributed by atoms with E-state index in [-0.39, 0.29) is 24.5 Å². The van der Waals surface area contributed by atoms with Gasteiger partial charge >= 0.3 is 0 Å². The fourth-order valence-corrected chi connectivity index (χ4v) is 2.53. The lowest BCUT2D eigenvalue weighted by atomic mass is 10.0. The molecule has 4 N–H and O–H groups in total. The van der Waals surface area contributed by atoms with Gasteiger partial charge in [-0.15, -0.1) is 0 Å². The molecule has 0 saturated carbocycles. The van der Waals surface area contributed by atoms with Crippen LogP contribution in [0.2, 0.25) is 0 Å². The molecule has 1 aliphatic heterocycles. The van der Waals surface area contributed by atoms with Gasteiger partial charge in [0.05, 0.1) is 12.6 Å². The molecule has 7 nitrogen and oxygen atoms in total. The van der Waals surface area contributed by atoms with E-state index in [1.807, 2.05) is 0 Å². The normalized spacial score (nSPS) is 17.1. The van der Waals surface area contributed by atoms with Gasteiger partial charge in [-0.05, 0) is 49.9 Å². The maximum Gasteiger partial charge on any atom is 0.251 e. The second-order valence-electron chi connectivity index (χ2n) is 5.80. The van der Waals surface area contributed by atoms with E-state index in [4.69, 9.17) is 10.5 Å². The fraction of sp³-hybridized carbons (Fsp3) is 0.471. The first-order chi connectivity index (χ1) is 11.5. The molecule has 1 atom stereocenters. The Bertz CT molecular complexity index is 580. The topological polar surface area (TPSA) is 111 Å². The van der Waals surface area contributed by atoms with Crippen LogP contribution in [0.4, 0.5) is 5.69 Å². The third kappa shape index (κ3) is 6.00. The van der Waals surface area contributed by atoms with Gasteiger partial charge in [0.25, 0.3) is 5.91 Å². The molecule has 1 fully saturated rings. The Morgan fingerprint density at radius 3 is 2.54 bits per heavy atom. The molecule has 24 heavy (non-hydrogen) atoms. The molecule has 0 bridgehead atoms. The van der Waals surface area contributed by atoms with Crippen molar-refractivity contribution in [3.63, 3.8) is 0 Å². The minimum atomic E-state index is -0.603. The van der Waals surface area contributed by atoms with Crippen molar-refractivity contribution >= 4 is 23.4 Å². The Labute approximate surface area is 140 Å². The molecule has 0 aromatic heterocycles. The summed E-state index contributed by atoms with van der Waals surface area (Å²) in [4.78, 5) is 34.3. The van der Waals surface area contributed by atoms with E-state index in [0.717, 1.165) is 32.3 Å². The summed E-state index contributed by atoms with van der Waals surface area (Å²) in [5.74, 6) is -1.06. The van der Waals surface area contributed by atoms with Gasteiger partial charge in [0, 0.05) is 24.3 Å². The number of carbonyl (C=O) groups excluding carboxylic acids is 3. The lowest BCUT2D eigenvalue weighted by Gasteiger charge is -2.22. The second kappa shape index (κ2) is 9.02. The number of primary amides is 1. The van der Waals surface area contributed by atoms with Gasteiger partial charge in [0.15, 0.2) is 0 Å². The highest BCUT2D eigenvalue weighted by Crippen LogP contribution is 2.17. The number of hydrogen-bond acceptors (Lipinski definition) is 4. The molecule has 2 rings (SSSR count). The Morgan fingerprint density at radius 1 is 1.17 bits per heavy atom. The molecule has 0 unspecified atom stereocenters. The van der Waals surface area contributed by atoms with Crippen LogP contribution in [-0.2, 0) is 14.3 Å². The highest BCUT2D eigenvalue weighted by molar-refractivity contribution is 5.97. The Morgan fingerprint density at radius 2 is 1.92 bits per heavy atom. The second-order valence-corrected chi connectivity index (χ2v) is 5.80. The largest absolute Gasteiger partial charge is 0.378 e. The van der Waals surface area contributed by atoms with Gasteiger partial charge in [-0.25, -0.2) is 0 Å². The Hall–Kier alpha value is -2.41. The van der Waals surface area contributed by atoms with Gasteiger partial charge in [-0.3, -0.25) is 14.4 Å². The molecule has 1 aromatic carbocycles. The summed E-state index contributed by atoms with van der Waals surface area (Å²) in [6.07, 6.45) is 4.59. The van der Waals surface area contributed by atoms with Crippen molar-refractivity contribution in [2.75, 3.05) is 18.5 Å². The molecule has 7 heteroatoms. The highest BCUT2D eigenvalue weighted by atomic mass is 16.5. The highest BCUT2D eigenvalue weighted by Gasteiger charge is 2.15. The van der Waals surface area contributed by atoms with E-state index >= 15 is 0 Å². The van der Waals surface area contributed by atoms with Crippen LogP contribution in [0.1, 0.15) is 42.5 Å². The molecule has 1 aliphatic rings. The van der Waals surface area contributed by atoms with Crippen LogP contribution in [0.5, 0.6) is 0 Å². The fourth-order valence-electron chi connectivity index (χ4n) is 2.53. The number of nitrogens with one attached hydrogen (secondary N) is 2. The molecule has 0 aliphatic carbocycles. The number of amides is 3. The first-order valence-electron chi connectivity index (χ1n) is 8.12. The van der Waals surface area contributed by atoms with Gasteiger partial charge in [-0.2, -0.15) is 0 Å². The number of ether oxygens (including phenoxy) is 1. The lowest BCUT2D eigenvalue weighted by molar-refractivity contribution is -0.117. The summed E-state index contributed by atoms with van der Waals surface area (Å²) in [7, 11) is 0. The van der Waals surface area contributed by atoms with Crippen molar-refractivity contribution in [1.82, 2.24) is 5.32 Å². The van der Waals surface area contributed by atoms with Crippen molar-refractivity contribution in [1.29, 1.82) is 0 Å². The van der Waals surface area contributed by atoms with Crippen molar-refractivity contribution in [3.05, 3.63) is 29.8 Å². The Kier molecular flexibility index (Phi) is 6.74. The monoisotopic (exact) mass is 333 g/mol. The van der Waals surface area contributed by atoms with Gasteiger partial charge in [0.1, 0.15) is 0 Å². The molecule has 0 spiro atoms. The summed E-state index contributed by atoms with van der Waals surface area (Å²) >= 11 is 0. The molecular weight excluding hydrogens is 310 g/mol. The van der Waals surface area contributed by atoms with E-state index in [1.54, 1.807) is 24.3 Å². The summed E-state index contributed by atoms with van der Waals surface area (Å²) in [5.41, 5.74) is 5.98. The van der Waals surface area contributed by atoms with E-state index in [1.165, 1.54) is 0 Å². The molecule has 1 saturated heterocycles. The maximum atomic E-state index is 12.0. The molecular formula is C17H23N3O4. The third-order valence-electron chi connectivity index (χ3n) is 3.82. The summed E-state index contributed by atoms with van der Waals surface area (Å²) < 4.78 is 5.60. The molecule has 3 amide bonds. The van der Waals surface area contributed by atoms with Crippen molar-refractivity contribution in [3.8, 4) is 0 Å².